The van der Waals surface area contributed by atoms with Crippen LogP contribution in [0.2, 0.25) is 0 Å². The van der Waals surface area contributed by atoms with E-state index in [1.807, 2.05) is 24.3 Å². The van der Waals surface area contributed by atoms with Gasteiger partial charge in [0.25, 0.3) is 17.1 Å². The van der Waals surface area contributed by atoms with Gasteiger partial charge in [0.05, 0.1) is 0 Å². The van der Waals surface area contributed by atoms with Crippen LogP contribution in [0.25, 0.3) is 11.2 Å². The van der Waals surface area contributed by atoms with Gasteiger partial charge in [-0.05, 0) is 18.1 Å². The van der Waals surface area contributed by atoms with Gasteiger partial charge < -0.3 is 4.90 Å². The zero-order valence-electron chi connectivity index (χ0n) is 14.0. The molecule has 8 heteroatoms. The number of carbonyl (C=O) groups is 1. The van der Waals surface area contributed by atoms with Crippen molar-refractivity contribution < 1.29 is 9.36 Å². The Morgan fingerprint density at radius 2 is 1.96 bits per heavy atom. The van der Waals surface area contributed by atoms with Gasteiger partial charge in [-0.25, -0.2) is 14.3 Å². The number of hydrogen-bond acceptors (Lipinski definition) is 3. The lowest BCUT2D eigenvalue weighted by molar-refractivity contribution is -0.658. The molecule has 1 aliphatic heterocycles. The summed E-state index contributed by atoms with van der Waals surface area (Å²) >= 11 is 0. The normalized spacial score (nSPS) is 13.4. The standard InChI is InChI=1S/C17H17N5O3/c1-19-15-14(16(24)20(2)17(19)25)21(10-18-15)9-13(23)22-8-7-11-5-3-4-6-12(11)22/h3-6,10H,7-9H2,1-2H3/p+1. The highest BCUT2D eigenvalue weighted by Gasteiger charge is 2.28. The molecule has 0 fully saturated rings. The van der Waals surface area contributed by atoms with Crippen molar-refractivity contribution in [1.82, 2.24) is 14.1 Å². The van der Waals surface area contributed by atoms with E-state index in [4.69, 9.17) is 0 Å². The highest BCUT2D eigenvalue weighted by Crippen LogP contribution is 2.27. The van der Waals surface area contributed by atoms with Crippen molar-refractivity contribution in [3.05, 3.63) is 57.0 Å². The largest absolute Gasteiger partial charge is 0.333 e. The Hall–Kier alpha value is -3.16. The van der Waals surface area contributed by atoms with Crippen LogP contribution in [-0.2, 0) is 31.9 Å². The molecule has 4 rings (SSSR count). The van der Waals surface area contributed by atoms with Crippen LogP contribution in [0.1, 0.15) is 5.56 Å². The average Bonchev–Trinajstić information content (AvgIpc) is 3.22. The maximum atomic E-state index is 12.8. The lowest BCUT2D eigenvalue weighted by atomic mass is 10.2. The van der Waals surface area contributed by atoms with E-state index in [1.165, 1.54) is 11.6 Å². The van der Waals surface area contributed by atoms with Crippen molar-refractivity contribution in [2.45, 2.75) is 13.0 Å². The van der Waals surface area contributed by atoms with Crippen LogP contribution in [0.3, 0.4) is 0 Å². The van der Waals surface area contributed by atoms with Gasteiger partial charge in [0, 0.05) is 26.3 Å². The highest BCUT2D eigenvalue weighted by molar-refractivity contribution is 5.94. The topological polar surface area (TPSA) is 84.0 Å². The van der Waals surface area contributed by atoms with Crippen LogP contribution in [0.4, 0.5) is 5.69 Å². The molecule has 128 valence electrons. The number of benzene rings is 1. The van der Waals surface area contributed by atoms with E-state index in [1.54, 1.807) is 22.8 Å². The smallest absolute Gasteiger partial charge is 0.308 e. The predicted octanol–water partition coefficient (Wildman–Crippen LogP) is -0.558. The summed E-state index contributed by atoms with van der Waals surface area (Å²) in [6.07, 6.45) is 2.39. The lowest BCUT2D eigenvalue weighted by Gasteiger charge is -2.16. The number of aryl methyl sites for hydroxylation is 1. The number of carbonyl (C=O) groups excluding carboxylic acids is 1. The summed E-state index contributed by atoms with van der Waals surface area (Å²) in [6.45, 7) is 0.666. The fraction of sp³-hybridized carbons (Fsp3) is 0.294. The summed E-state index contributed by atoms with van der Waals surface area (Å²) in [5.74, 6) is -0.0910. The summed E-state index contributed by atoms with van der Waals surface area (Å²) in [5, 5.41) is 0. The van der Waals surface area contributed by atoms with Crippen LogP contribution >= 0.6 is 0 Å². The lowest BCUT2D eigenvalue weighted by Crippen LogP contribution is -2.48. The highest BCUT2D eigenvalue weighted by atomic mass is 16.2. The second-order valence-corrected chi connectivity index (χ2v) is 6.23. The van der Waals surface area contributed by atoms with E-state index < -0.39 is 11.2 Å². The van der Waals surface area contributed by atoms with Crippen molar-refractivity contribution in [3.63, 3.8) is 0 Å². The van der Waals surface area contributed by atoms with Crippen molar-refractivity contribution >= 4 is 22.8 Å². The van der Waals surface area contributed by atoms with E-state index in [9.17, 15) is 14.4 Å². The number of H-pyrrole nitrogens is 1. The summed E-state index contributed by atoms with van der Waals surface area (Å²) in [7, 11) is 3.02. The molecule has 0 aliphatic carbocycles. The molecule has 0 saturated heterocycles. The third kappa shape index (κ3) is 2.21. The number of para-hydroxylation sites is 1. The molecule has 0 atom stereocenters. The predicted molar refractivity (Wildman–Crippen MR) is 91.5 cm³/mol. The molecule has 0 saturated carbocycles. The summed E-state index contributed by atoms with van der Waals surface area (Å²) < 4.78 is 3.98. The van der Waals surface area contributed by atoms with Crippen LogP contribution in [-0.4, -0.2) is 26.6 Å². The van der Waals surface area contributed by atoms with Crippen molar-refractivity contribution in [1.29, 1.82) is 0 Å². The molecule has 0 radical (unpaired) electrons. The number of rotatable bonds is 2. The molecule has 8 nitrogen and oxygen atoms in total. The fourth-order valence-electron chi connectivity index (χ4n) is 3.41. The molecular weight excluding hydrogens is 322 g/mol. The first-order chi connectivity index (χ1) is 12.0. The van der Waals surface area contributed by atoms with Gasteiger partial charge in [-0.3, -0.25) is 18.7 Å². The number of imidazole rings is 1. The number of amides is 1. The molecule has 0 spiro atoms. The van der Waals surface area contributed by atoms with Gasteiger partial charge in [0.2, 0.25) is 6.33 Å². The number of nitrogens with zero attached hydrogens (tertiary/aromatic N) is 4. The van der Waals surface area contributed by atoms with Gasteiger partial charge in [0.15, 0.2) is 6.54 Å². The number of anilines is 1. The quantitative estimate of drug-likeness (QED) is 0.635. The summed E-state index contributed by atoms with van der Waals surface area (Å²) in [4.78, 5) is 41.9. The zero-order valence-corrected chi connectivity index (χ0v) is 14.0. The van der Waals surface area contributed by atoms with Crippen LogP contribution in [0.15, 0.2) is 40.2 Å². The Labute approximate surface area is 142 Å². The SMILES string of the molecule is Cn1c(=O)c2c([nH]c[n+]2CC(=O)N2CCc3ccccc32)n(C)c1=O. The van der Waals surface area contributed by atoms with E-state index in [-0.39, 0.29) is 12.5 Å². The molecule has 25 heavy (non-hydrogen) atoms. The monoisotopic (exact) mass is 340 g/mol. The molecule has 1 N–H and O–H groups in total. The van der Waals surface area contributed by atoms with Gasteiger partial charge >= 0.3 is 11.2 Å². The first kappa shape index (κ1) is 15.4. The minimum atomic E-state index is -0.422. The van der Waals surface area contributed by atoms with Crippen LogP contribution < -0.4 is 20.7 Å². The zero-order chi connectivity index (χ0) is 17.7. The van der Waals surface area contributed by atoms with Crippen LogP contribution in [0, 0.1) is 0 Å². The third-order valence-electron chi connectivity index (χ3n) is 4.78. The van der Waals surface area contributed by atoms with E-state index in [0.717, 1.165) is 22.2 Å². The summed E-state index contributed by atoms with van der Waals surface area (Å²) in [6, 6.07) is 7.83. The third-order valence-corrected chi connectivity index (χ3v) is 4.78. The Balaban J connectivity index is 1.74. The average molecular weight is 340 g/mol. The van der Waals surface area contributed by atoms with Crippen molar-refractivity contribution in [3.8, 4) is 0 Å². The Bertz CT molecular complexity index is 1120. The molecule has 1 amide bonds. The minimum Gasteiger partial charge on any atom is -0.308 e. The Kier molecular flexibility index (Phi) is 3.34. The molecule has 1 aromatic carbocycles. The first-order valence-corrected chi connectivity index (χ1v) is 8.04. The maximum Gasteiger partial charge on any atom is 0.333 e. The van der Waals surface area contributed by atoms with Gasteiger partial charge in [-0.1, -0.05) is 18.2 Å². The van der Waals surface area contributed by atoms with Crippen molar-refractivity contribution in [2.75, 3.05) is 11.4 Å². The van der Waals surface area contributed by atoms with Crippen LogP contribution in [0.5, 0.6) is 0 Å². The number of hydrogen-bond donors (Lipinski definition) is 1. The molecule has 3 heterocycles. The maximum absolute atomic E-state index is 12.8. The van der Waals surface area contributed by atoms with E-state index >= 15 is 0 Å². The molecule has 3 aromatic rings. The molecule has 0 unspecified atom stereocenters. The second kappa shape index (κ2) is 5.44. The second-order valence-electron chi connectivity index (χ2n) is 6.23. The van der Waals surface area contributed by atoms with Gasteiger partial charge in [-0.2, -0.15) is 0 Å². The molecule has 2 aromatic heterocycles. The van der Waals surface area contributed by atoms with Crippen molar-refractivity contribution in [2.24, 2.45) is 14.1 Å². The van der Waals surface area contributed by atoms with E-state index in [0.29, 0.717) is 17.7 Å². The molecule has 0 bridgehead atoms. The molecular formula is C17H18N5O3+. The van der Waals surface area contributed by atoms with E-state index in [2.05, 4.69) is 4.98 Å². The Morgan fingerprint density at radius 3 is 2.76 bits per heavy atom. The van der Waals surface area contributed by atoms with Gasteiger partial charge in [0.1, 0.15) is 0 Å². The number of nitrogens with one attached hydrogen (secondary N) is 1. The Morgan fingerprint density at radius 1 is 1.20 bits per heavy atom. The van der Waals surface area contributed by atoms with Gasteiger partial charge in [-0.15, -0.1) is 0 Å². The minimum absolute atomic E-state index is 0.0295. The molecule has 1 aliphatic rings. The number of aromatic amines is 1. The fourth-order valence-corrected chi connectivity index (χ4v) is 3.41. The first-order valence-electron chi connectivity index (χ1n) is 8.04. The summed E-state index contributed by atoms with van der Waals surface area (Å²) in [5.41, 5.74) is 1.96. The number of fused-ring (bicyclic) bond motifs is 2. The number of aromatic nitrogens is 4.